The van der Waals surface area contributed by atoms with Crippen LogP contribution in [-0.4, -0.2) is 42.5 Å². The van der Waals surface area contributed by atoms with E-state index in [4.69, 9.17) is 17.3 Å². The fraction of sp³-hybridized carbons (Fsp3) is 0.222. The standard InChI is InChI=1S/C18H17N3O3S2/c1-12-13(11-19-21(12)14-6-3-2-4-7-14)10-15-17(24)20(18(25)26-15)9-5-8-16(22)23/h2-4,6-7,10-11H,5,8-9H2,1H3,(H,22,23)/b15-10-. The van der Waals surface area contributed by atoms with Crippen molar-refractivity contribution in [2.24, 2.45) is 0 Å². The highest BCUT2D eigenvalue weighted by Crippen LogP contribution is 2.33. The van der Waals surface area contributed by atoms with Crippen molar-refractivity contribution < 1.29 is 14.7 Å². The average molecular weight is 387 g/mol. The van der Waals surface area contributed by atoms with Crippen LogP contribution in [0.25, 0.3) is 11.8 Å². The number of benzene rings is 1. The maximum Gasteiger partial charge on any atom is 0.303 e. The summed E-state index contributed by atoms with van der Waals surface area (Å²) in [5, 5.41) is 13.1. The number of thioether (sulfide) groups is 1. The minimum Gasteiger partial charge on any atom is -0.481 e. The molecule has 2 aromatic rings. The molecule has 1 saturated heterocycles. The Morgan fingerprint density at radius 2 is 2.08 bits per heavy atom. The first-order valence-corrected chi connectivity index (χ1v) is 9.27. The summed E-state index contributed by atoms with van der Waals surface area (Å²) in [4.78, 5) is 25.2. The summed E-state index contributed by atoms with van der Waals surface area (Å²) in [6.45, 7) is 2.26. The van der Waals surface area contributed by atoms with Gasteiger partial charge in [-0.25, -0.2) is 4.68 Å². The molecule has 0 unspecified atom stereocenters. The number of hydrogen-bond donors (Lipinski definition) is 1. The number of carboxylic acid groups (broad SMARTS) is 1. The molecule has 0 radical (unpaired) electrons. The lowest BCUT2D eigenvalue weighted by Crippen LogP contribution is -2.29. The van der Waals surface area contributed by atoms with E-state index in [0.717, 1.165) is 16.9 Å². The van der Waals surface area contributed by atoms with Crippen LogP contribution >= 0.6 is 24.0 Å². The molecule has 0 aliphatic carbocycles. The fourth-order valence-corrected chi connectivity index (χ4v) is 3.92. The number of nitrogens with zero attached hydrogens (tertiary/aromatic N) is 3. The van der Waals surface area contributed by atoms with E-state index in [-0.39, 0.29) is 12.3 Å². The Morgan fingerprint density at radius 3 is 2.77 bits per heavy atom. The highest BCUT2D eigenvalue weighted by atomic mass is 32.2. The van der Waals surface area contributed by atoms with Crippen molar-refractivity contribution in [3.63, 3.8) is 0 Å². The van der Waals surface area contributed by atoms with Gasteiger partial charge in [-0.1, -0.05) is 42.2 Å². The van der Waals surface area contributed by atoms with E-state index in [0.29, 0.717) is 22.2 Å². The first-order valence-electron chi connectivity index (χ1n) is 8.04. The highest BCUT2D eigenvalue weighted by molar-refractivity contribution is 8.26. The summed E-state index contributed by atoms with van der Waals surface area (Å²) >= 11 is 6.50. The van der Waals surface area contributed by atoms with Gasteiger partial charge in [0.05, 0.1) is 16.8 Å². The zero-order valence-corrected chi connectivity index (χ0v) is 15.7. The van der Waals surface area contributed by atoms with Crippen LogP contribution in [0.2, 0.25) is 0 Å². The van der Waals surface area contributed by atoms with Crippen LogP contribution in [0.4, 0.5) is 0 Å². The first-order chi connectivity index (χ1) is 12.5. The van der Waals surface area contributed by atoms with Gasteiger partial charge in [0.1, 0.15) is 4.32 Å². The molecule has 26 heavy (non-hydrogen) atoms. The zero-order valence-electron chi connectivity index (χ0n) is 14.1. The third kappa shape index (κ3) is 3.86. The Labute approximate surface area is 160 Å². The van der Waals surface area contributed by atoms with E-state index in [9.17, 15) is 9.59 Å². The summed E-state index contributed by atoms with van der Waals surface area (Å²) in [6.07, 6.45) is 3.90. The molecule has 1 aliphatic rings. The number of aliphatic carboxylic acids is 1. The normalized spacial score (nSPS) is 15.9. The number of aromatic nitrogens is 2. The van der Waals surface area contributed by atoms with Crippen molar-refractivity contribution in [2.75, 3.05) is 6.54 Å². The molecule has 0 bridgehead atoms. The molecule has 3 rings (SSSR count). The van der Waals surface area contributed by atoms with E-state index in [1.807, 2.05) is 41.9 Å². The van der Waals surface area contributed by atoms with Gasteiger partial charge in [-0.2, -0.15) is 5.10 Å². The maximum atomic E-state index is 12.6. The maximum absolute atomic E-state index is 12.6. The molecule has 1 aliphatic heterocycles. The highest BCUT2D eigenvalue weighted by Gasteiger charge is 2.31. The molecule has 134 valence electrons. The third-order valence-electron chi connectivity index (χ3n) is 3.98. The summed E-state index contributed by atoms with van der Waals surface area (Å²) < 4.78 is 2.28. The molecular weight excluding hydrogens is 370 g/mol. The minimum atomic E-state index is -0.880. The lowest BCUT2D eigenvalue weighted by Gasteiger charge is -2.13. The van der Waals surface area contributed by atoms with Crippen molar-refractivity contribution in [2.45, 2.75) is 19.8 Å². The Hall–Kier alpha value is -2.45. The van der Waals surface area contributed by atoms with E-state index in [1.54, 1.807) is 12.3 Å². The van der Waals surface area contributed by atoms with Crippen LogP contribution in [0.5, 0.6) is 0 Å². The second-order valence-electron chi connectivity index (χ2n) is 5.76. The first kappa shape index (κ1) is 18.3. The molecule has 0 atom stereocenters. The molecule has 1 aromatic heterocycles. The van der Waals surface area contributed by atoms with Crippen molar-refractivity contribution in [1.82, 2.24) is 14.7 Å². The van der Waals surface area contributed by atoms with E-state index >= 15 is 0 Å². The summed E-state index contributed by atoms with van der Waals surface area (Å²) in [6, 6.07) is 9.76. The Bertz CT molecular complexity index is 890. The molecule has 1 fully saturated rings. The zero-order chi connectivity index (χ0) is 18.7. The number of hydrogen-bond acceptors (Lipinski definition) is 5. The number of rotatable bonds is 6. The van der Waals surface area contributed by atoms with Crippen LogP contribution in [0.15, 0.2) is 41.4 Å². The van der Waals surface area contributed by atoms with Crippen LogP contribution in [0.3, 0.4) is 0 Å². The third-order valence-corrected chi connectivity index (χ3v) is 5.36. The number of para-hydroxylation sites is 1. The fourth-order valence-electron chi connectivity index (χ4n) is 2.62. The van der Waals surface area contributed by atoms with E-state index in [1.165, 1.54) is 16.7 Å². The Kier molecular flexibility index (Phi) is 5.53. The van der Waals surface area contributed by atoms with Crippen LogP contribution in [-0.2, 0) is 9.59 Å². The second-order valence-corrected chi connectivity index (χ2v) is 7.44. The van der Waals surface area contributed by atoms with Crippen molar-refractivity contribution in [3.8, 4) is 5.69 Å². The summed E-state index contributed by atoms with van der Waals surface area (Å²) in [5.41, 5.74) is 2.72. The monoisotopic (exact) mass is 387 g/mol. The molecule has 1 N–H and O–H groups in total. The molecule has 8 heteroatoms. The van der Waals surface area contributed by atoms with Crippen LogP contribution in [0, 0.1) is 6.92 Å². The Balaban J connectivity index is 1.78. The molecule has 0 saturated carbocycles. The van der Waals surface area contributed by atoms with Gasteiger partial charge >= 0.3 is 5.97 Å². The second kappa shape index (κ2) is 7.84. The quantitative estimate of drug-likeness (QED) is 0.606. The molecular formula is C18H17N3O3S2. The van der Waals surface area contributed by atoms with Crippen LogP contribution < -0.4 is 0 Å². The minimum absolute atomic E-state index is 0.0130. The lowest BCUT2D eigenvalue weighted by atomic mass is 10.2. The predicted molar refractivity (Wildman–Crippen MR) is 105 cm³/mol. The number of carbonyl (C=O) groups excluding carboxylic acids is 1. The van der Waals surface area contributed by atoms with Gasteiger partial charge in [0.25, 0.3) is 5.91 Å². The molecule has 1 aromatic carbocycles. The van der Waals surface area contributed by atoms with Gasteiger partial charge < -0.3 is 5.11 Å². The lowest BCUT2D eigenvalue weighted by molar-refractivity contribution is -0.137. The van der Waals surface area contributed by atoms with Crippen molar-refractivity contribution in [3.05, 3.63) is 52.7 Å². The van der Waals surface area contributed by atoms with Crippen LogP contribution in [0.1, 0.15) is 24.1 Å². The van der Waals surface area contributed by atoms with Gasteiger partial charge in [-0.3, -0.25) is 14.5 Å². The molecule has 1 amide bonds. The summed E-state index contributed by atoms with van der Waals surface area (Å²) in [5.74, 6) is -1.06. The SMILES string of the molecule is Cc1c(/C=C2\SC(=S)N(CCCC(=O)O)C2=O)cnn1-c1ccccc1. The molecule has 6 nitrogen and oxygen atoms in total. The number of carboxylic acids is 1. The average Bonchev–Trinajstić information content (AvgIpc) is 3.10. The largest absolute Gasteiger partial charge is 0.481 e. The van der Waals surface area contributed by atoms with Gasteiger partial charge in [-0.05, 0) is 31.6 Å². The molecule has 2 heterocycles. The van der Waals surface area contributed by atoms with Crippen molar-refractivity contribution >= 4 is 46.3 Å². The Morgan fingerprint density at radius 1 is 1.35 bits per heavy atom. The topological polar surface area (TPSA) is 75.4 Å². The van der Waals surface area contributed by atoms with Gasteiger partial charge in [0.2, 0.25) is 0 Å². The smallest absolute Gasteiger partial charge is 0.303 e. The predicted octanol–water partition coefficient (Wildman–Crippen LogP) is 3.25. The van der Waals surface area contributed by atoms with E-state index < -0.39 is 5.97 Å². The summed E-state index contributed by atoms with van der Waals surface area (Å²) in [7, 11) is 0. The van der Waals surface area contributed by atoms with E-state index in [2.05, 4.69) is 5.10 Å². The van der Waals surface area contributed by atoms with Gasteiger partial charge in [-0.15, -0.1) is 0 Å². The van der Waals surface area contributed by atoms with Gasteiger partial charge in [0, 0.05) is 24.2 Å². The number of thiocarbonyl (C=S) groups is 1. The van der Waals surface area contributed by atoms with Crippen molar-refractivity contribution in [1.29, 1.82) is 0 Å². The number of amides is 1. The van der Waals surface area contributed by atoms with Gasteiger partial charge in [0.15, 0.2) is 0 Å². The molecule has 0 spiro atoms. The number of carbonyl (C=O) groups is 2.